The molecule has 1 fully saturated rings. The second-order valence-electron chi connectivity index (χ2n) is 6.04. The molecule has 1 aromatic carbocycles. The largest absolute Gasteiger partial charge is 0.373 e. The van der Waals surface area contributed by atoms with Gasteiger partial charge in [-0.1, -0.05) is 35.5 Å². The van der Waals surface area contributed by atoms with Crippen LogP contribution in [0.2, 0.25) is 0 Å². The molecular formula is C18H22N2O3. The number of nitrogens with zero attached hydrogens (tertiary/aromatic N) is 1. The van der Waals surface area contributed by atoms with Gasteiger partial charge in [-0.25, -0.2) is 0 Å². The number of aromatic nitrogens is 1. The number of aryl methyl sites for hydroxylation is 2. The van der Waals surface area contributed by atoms with Gasteiger partial charge in [0.1, 0.15) is 5.76 Å². The van der Waals surface area contributed by atoms with Gasteiger partial charge in [0.25, 0.3) is 0 Å². The summed E-state index contributed by atoms with van der Waals surface area (Å²) in [6, 6.07) is 10.3. The molecule has 3 rings (SSSR count). The van der Waals surface area contributed by atoms with Crippen molar-refractivity contribution in [3.8, 4) is 0 Å². The molecule has 0 saturated carbocycles. The van der Waals surface area contributed by atoms with Gasteiger partial charge in [0.15, 0.2) is 0 Å². The summed E-state index contributed by atoms with van der Waals surface area (Å²) in [6.07, 6.45) is 2.01. The van der Waals surface area contributed by atoms with Gasteiger partial charge < -0.3 is 14.6 Å². The summed E-state index contributed by atoms with van der Waals surface area (Å²) in [5.74, 6) is 0.727. The predicted octanol–water partition coefficient (Wildman–Crippen LogP) is 2.87. The molecule has 5 nitrogen and oxygen atoms in total. The maximum absolute atomic E-state index is 12.3. The van der Waals surface area contributed by atoms with Crippen molar-refractivity contribution >= 4 is 5.91 Å². The zero-order valence-electron chi connectivity index (χ0n) is 13.5. The zero-order valence-corrected chi connectivity index (χ0v) is 13.5. The van der Waals surface area contributed by atoms with Crippen LogP contribution in [0.15, 0.2) is 34.9 Å². The SMILES string of the molecule is Cc1noc(C)c1CC(=O)N[C@@H]1CCO[C@@H](c2ccccc2)C1. The standard InChI is InChI=1S/C18H22N2O3/c1-12-16(13(2)23-20-12)11-18(21)19-15-8-9-22-17(10-15)14-6-4-3-5-7-14/h3-7,15,17H,8-11H2,1-2H3,(H,19,21)/t15-,17-/m1/s1. The van der Waals surface area contributed by atoms with Gasteiger partial charge >= 0.3 is 0 Å². The summed E-state index contributed by atoms with van der Waals surface area (Å²) in [5.41, 5.74) is 2.83. The van der Waals surface area contributed by atoms with Gasteiger partial charge in [-0.05, 0) is 32.3 Å². The molecule has 0 bridgehead atoms. The van der Waals surface area contributed by atoms with Crippen LogP contribution < -0.4 is 5.32 Å². The quantitative estimate of drug-likeness (QED) is 0.942. The number of ether oxygens (including phenoxy) is 1. The Balaban J connectivity index is 1.58. The lowest BCUT2D eigenvalue weighted by atomic mass is 9.97. The smallest absolute Gasteiger partial charge is 0.224 e. The Morgan fingerprint density at radius 2 is 2.09 bits per heavy atom. The average Bonchev–Trinajstić information content (AvgIpc) is 2.88. The van der Waals surface area contributed by atoms with Crippen molar-refractivity contribution < 1.29 is 14.1 Å². The molecule has 0 spiro atoms. The van der Waals surface area contributed by atoms with E-state index in [0.29, 0.717) is 18.8 Å². The molecule has 1 aromatic heterocycles. The highest BCUT2D eigenvalue weighted by Crippen LogP contribution is 2.28. The number of carbonyl (C=O) groups excluding carboxylic acids is 1. The molecule has 2 heterocycles. The van der Waals surface area contributed by atoms with E-state index in [1.807, 2.05) is 32.0 Å². The third kappa shape index (κ3) is 3.79. The molecule has 1 N–H and O–H groups in total. The fraction of sp³-hybridized carbons (Fsp3) is 0.444. The van der Waals surface area contributed by atoms with Crippen LogP contribution in [0.3, 0.4) is 0 Å². The first-order valence-corrected chi connectivity index (χ1v) is 8.01. The fourth-order valence-corrected chi connectivity index (χ4v) is 3.02. The highest BCUT2D eigenvalue weighted by molar-refractivity contribution is 5.79. The van der Waals surface area contributed by atoms with Crippen LogP contribution in [0.4, 0.5) is 0 Å². The van der Waals surface area contributed by atoms with Crippen molar-refractivity contribution in [1.82, 2.24) is 10.5 Å². The van der Waals surface area contributed by atoms with Gasteiger partial charge in [-0.3, -0.25) is 4.79 Å². The van der Waals surface area contributed by atoms with Gasteiger partial charge in [-0.15, -0.1) is 0 Å². The minimum atomic E-state index is 0.0121. The lowest BCUT2D eigenvalue weighted by Crippen LogP contribution is -2.40. The highest BCUT2D eigenvalue weighted by atomic mass is 16.5. The summed E-state index contributed by atoms with van der Waals surface area (Å²) < 4.78 is 11.0. The molecule has 2 atom stereocenters. The van der Waals surface area contributed by atoms with Crippen molar-refractivity contribution in [1.29, 1.82) is 0 Å². The lowest BCUT2D eigenvalue weighted by molar-refractivity contribution is -0.122. The van der Waals surface area contributed by atoms with E-state index in [1.165, 1.54) is 0 Å². The Morgan fingerprint density at radius 1 is 1.30 bits per heavy atom. The first-order chi connectivity index (χ1) is 11.1. The Hall–Kier alpha value is -2.14. The molecule has 0 aliphatic carbocycles. The molecule has 122 valence electrons. The van der Waals surface area contributed by atoms with Crippen LogP contribution in [-0.4, -0.2) is 23.7 Å². The number of hydrogen-bond acceptors (Lipinski definition) is 4. The van der Waals surface area contributed by atoms with Crippen molar-refractivity contribution in [3.05, 3.63) is 52.9 Å². The van der Waals surface area contributed by atoms with Gasteiger partial charge in [0.05, 0.1) is 18.2 Å². The molecule has 5 heteroatoms. The third-order valence-corrected chi connectivity index (χ3v) is 4.34. The lowest BCUT2D eigenvalue weighted by Gasteiger charge is -2.30. The van der Waals surface area contributed by atoms with E-state index >= 15 is 0 Å². The summed E-state index contributed by atoms with van der Waals surface area (Å²) >= 11 is 0. The van der Waals surface area contributed by atoms with Crippen molar-refractivity contribution in [2.45, 2.75) is 45.3 Å². The van der Waals surface area contributed by atoms with Crippen molar-refractivity contribution in [2.75, 3.05) is 6.61 Å². The Kier molecular flexibility index (Phi) is 4.76. The number of hydrogen-bond donors (Lipinski definition) is 1. The molecular weight excluding hydrogens is 292 g/mol. The highest BCUT2D eigenvalue weighted by Gasteiger charge is 2.25. The van der Waals surface area contributed by atoms with E-state index in [9.17, 15) is 4.79 Å². The van der Waals surface area contributed by atoms with E-state index in [0.717, 1.165) is 29.7 Å². The monoisotopic (exact) mass is 314 g/mol. The summed E-state index contributed by atoms with van der Waals surface area (Å²) in [4.78, 5) is 12.3. The van der Waals surface area contributed by atoms with E-state index in [4.69, 9.17) is 9.26 Å². The number of carbonyl (C=O) groups is 1. The summed E-state index contributed by atoms with van der Waals surface area (Å²) in [5, 5.41) is 7.02. The maximum atomic E-state index is 12.3. The number of benzene rings is 1. The van der Waals surface area contributed by atoms with Crippen LogP contribution in [-0.2, 0) is 16.0 Å². The summed E-state index contributed by atoms with van der Waals surface area (Å²) in [7, 11) is 0. The fourth-order valence-electron chi connectivity index (χ4n) is 3.02. The first kappa shape index (κ1) is 15.7. The van der Waals surface area contributed by atoms with E-state index in [2.05, 4.69) is 22.6 Å². The maximum Gasteiger partial charge on any atom is 0.224 e. The normalized spacial score (nSPS) is 21.1. The minimum absolute atomic E-state index is 0.0121. The van der Waals surface area contributed by atoms with Gasteiger partial charge in [0, 0.05) is 18.2 Å². The second kappa shape index (κ2) is 6.96. The second-order valence-corrected chi connectivity index (χ2v) is 6.04. The van der Waals surface area contributed by atoms with Crippen molar-refractivity contribution in [2.24, 2.45) is 0 Å². The van der Waals surface area contributed by atoms with Crippen LogP contribution in [0.5, 0.6) is 0 Å². The van der Waals surface area contributed by atoms with Gasteiger partial charge in [-0.2, -0.15) is 0 Å². The zero-order chi connectivity index (χ0) is 16.2. The number of nitrogens with one attached hydrogen (secondary N) is 1. The van der Waals surface area contributed by atoms with E-state index in [-0.39, 0.29) is 18.1 Å². The van der Waals surface area contributed by atoms with Crippen LogP contribution in [0, 0.1) is 13.8 Å². The molecule has 1 aliphatic rings. The van der Waals surface area contributed by atoms with E-state index in [1.54, 1.807) is 0 Å². The molecule has 2 aromatic rings. The molecule has 1 amide bonds. The molecule has 23 heavy (non-hydrogen) atoms. The van der Waals surface area contributed by atoms with Crippen LogP contribution >= 0.6 is 0 Å². The molecule has 0 unspecified atom stereocenters. The number of amides is 1. The number of rotatable bonds is 4. The minimum Gasteiger partial charge on any atom is -0.373 e. The van der Waals surface area contributed by atoms with Crippen LogP contribution in [0.25, 0.3) is 0 Å². The Labute approximate surface area is 136 Å². The van der Waals surface area contributed by atoms with Crippen molar-refractivity contribution in [3.63, 3.8) is 0 Å². The Bertz CT molecular complexity index is 647. The first-order valence-electron chi connectivity index (χ1n) is 8.01. The van der Waals surface area contributed by atoms with Crippen LogP contribution in [0.1, 0.15) is 41.5 Å². The average molecular weight is 314 g/mol. The van der Waals surface area contributed by atoms with E-state index < -0.39 is 0 Å². The third-order valence-electron chi connectivity index (χ3n) is 4.34. The topological polar surface area (TPSA) is 64.4 Å². The predicted molar refractivity (Wildman–Crippen MR) is 86.0 cm³/mol. The molecule has 0 radical (unpaired) electrons. The Morgan fingerprint density at radius 3 is 2.78 bits per heavy atom. The molecule has 1 saturated heterocycles. The summed E-state index contributed by atoms with van der Waals surface area (Å²) in [6.45, 7) is 4.36. The molecule has 1 aliphatic heterocycles. The van der Waals surface area contributed by atoms with Gasteiger partial charge in [0.2, 0.25) is 5.91 Å².